The Morgan fingerprint density at radius 1 is 1.29 bits per heavy atom. The van der Waals surface area contributed by atoms with Crippen LogP contribution < -0.4 is 5.32 Å². The Kier molecular flexibility index (Phi) is 4.27. The van der Waals surface area contributed by atoms with Gasteiger partial charge in [0.15, 0.2) is 0 Å². The molecule has 1 aliphatic carbocycles. The van der Waals surface area contributed by atoms with Gasteiger partial charge in [-0.1, -0.05) is 30.3 Å². The first-order valence-electron chi connectivity index (χ1n) is 7.91. The molecular weight excluding hydrogens is 264 g/mol. The number of carbonyl (C=O) groups excluding carboxylic acids is 1. The maximum atomic E-state index is 11.8. The van der Waals surface area contributed by atoms with E-state index in [0.29, 0.717) is 32.1 Å². The summed E-state index contributed by atoms with van der Waals surface area (Å²) in [5.74, 6) is 0.559. The first kappa shape index (κ1) is 14.5. The molecule has 0 unspecified atom stereocenters. The van der Waals surface area contributed by atoms with Gasteiger partial charge >= 0.3 is 0 Å². The zero-order valence-electron chi connectivity index (χ0n) is 12.4. The van der Waals surface area contributed by atoms with Crippen LogP contribution in [-0.4, -0.2) is 47.7 Å². The van der Waals surface area contributed by atoms with Crippen LogP contribution in [0.5, 0.6) is 0 Å². The Bertz CT molecular complexity index is 479. The number of likely N-dealkylation sites (tertiary alicyclic amines) is 1. The summed E-state index contributed by atoms with van der Waals surface area (Å²) in [6.45, 7) is 2.46. The fourth-order valence-electron chi connectivity index (χ4n) is 3.14. The second kappa shape index (κ2) is 6.16. The minimum absolute atomic E-state index is 0.0703. The fourth-order valence-corrected chi connectivity index (χ4v) is 3.14. The van der Waals surface area contributed by atoms with E-state index >= 15 is 0 Å². The summed E-state index contributed by atoms with van der Waals surface area (Å²) in [5.41, 5.74) is 0.817. The van der Waals surface area contributed by atoms with E-state index < -0.39 is 5.60 Å². The molecule has 2 fully saturated rings. The number of amides is 1. The van der Waals surface area contributed by atoms with E-state index in [1.807, 2.05) is 23.1 Å². The molecule has 1 aromatic rings. The predicted molar refractivity (Wildman–Crippen MR) is 81.9 cm³/mol. The van der Waals surface area contributed by atoms with Crippen LogP contribution in [0.2, 0.25) is 0 Å². The minimum atomic E-state index is -0.492. The molecule has 1 saturated heterocycles. The van der Waals surface area contributed by atoms with Crippen molar-refractivity contribution in [2.24, 2.45) is 5.92 Å². The molecule has 1 heterocycles. The molecule has 0 spiro atoms. The number of hydrogen-bond acceptors (Lipinski definition) is 3. The SMILES string of the molecule is O=C(CN1CC(O)(C2CC2)C1)NCCCc1ccccc1. The highest BCUT2D eigenvalue weighted by molar-refractivity contribution is 5.78. The Hall–Kier alpha value is -1.39. The lowest BCUT2D eigenvalue weighted by Gasteiger charge is -2.46. The molecule has 4 heteroatoms. The number of rotatable bonds is 7. The summed E-state index contributed by atoms with van der Waals surface area (Å²) in [6, 6.07) is 10.3. The molecule has 2 aliphatic rings. The molecule has 1 aliphatic heterocycles. The van der Waals surface area contributed by atoms with Crippen molar-refractivity contribution in [3.8, 4) is 0 Å². The van der Waals surface area contributed by atoms with E-state index in [1.54, 1.807) is 0 Å². The molecule has 1 amide bonds. The first-order valence-corrected chi connectivity index (χ1v) is 7.91. The first-order chi connectivity index (χ1) is 10.2. The van der Waals surface area contributed by atoms with Crippen LogP contribution in [0.3, 0.4) is 0 Å². The van der Waals surface area contributed by atoms with Gasteiger partial charge in [-0.25, -0.2) is 0 Å². The molecule has 0 radical (unpaired) electrons. The van der Waals surface area contributed by atoms with E-state index in [-0.39, 0.29) is 5.91 Å². The van der Waals surface area contributed by atoms with Crippen LogP contribution in [0.1, 0.15) is 24.8 Å². The maximum Gasteiger partial charge on any atom is 0.234 e. The number of aliphatic hydroxyl groups is 1. The van der Waals surface area contributed by atoms with Gasteiger partial charge in [0.25, 0.3) is 0 Å². The molecule has 0 atom stereocenters. The number of benzene rings is 1. The summed E-state index contributed by atoms with van der Waals surface area (Å²) < 4.78 is 0. The Morgan fingerprint density at radius 2 is 2.00 bits per heavy atom. The van der Waals surface area contributed by atoms with E-state index in [9.17, 15) is 9.90 Å². The average molecular weight is 288 g/mol. The van der Waals surface area contributed by atoms with Gasteiger partial charge in [-0.15, -0.1) is 0 Å². The third kappa shape index (κ3) is 3.83. The van der Waals surface area contributed by atoms with Crippen molar-refractivity contribution in [2.75, 3.05) is 26.2 Å². The van der Waals surface area contributed by atoms with Crippen molar-refractivity contribution in [3.63, 3.8) is 0 Å². The molecule has 2 N–H and O–H groups in total. The number of carbonyl (C=O) groups is 1. The largest absolute Gasteiger partial charge is 0.387 e. The number of aryl methyl sites for hydroxylation is 1. The standard InChI is InChI=1S/C17H24N2O2/c20-16(11-19-12-17(21,13-19)15-8-9-15)18-10-4-7-14-5-2-1-3-6-14/h1-3,5-6,15,21H,4,7-13H2,(H,18,20). The van der Waals surface area contributed by atoms with Gasteiger partial charge in [-0.3, -0.25) is 9.69 Å². The Labute approximate surface area is 126 Å². The molecule has 0 bridgehead atoms. The molecule has 21 heavy (non-hydrogen) atoms. The van der Waals surface area contributed by atoms with Crippen LogP contribution in [0, 0.1) is 5.92 Å². The van der Waals surface area contributed by atoms with Gasteiger partial charge in [-0.05, 0) is 37.2 Å². The number of β-amino-alcohol motifs (C(OH)–C–C–N with tert-alkyl or cyclic N) is 1. The van der Waals surface area contributed by atoms with Crippen molar-refractivity contribution in [1.82, 2.24) is 10.2 Å². The Balaban J connectivity index is 1.27. The third-order valence-corrected chi connectivity index (χ3v) is 4.51. The summed E-state index contributed by atoms with van der Waals surface area (Å²) in [5, 5.41) is 13.2. The zero-order valence-corrected chi connectivity index (χ0v) is 12.4. The van der Waals surface area contributed by atoms with Gasteiger partial charge < -0.3 is 10.4 Å². The van der Waals surface area contributed by atoms with Crippen molar-refractivity contribution < 1.29 is 9.90 Å². The maximum absolute atomic E-state index is 11.8. The average Bonchev–Trinajstić information content (AvgIpc) is 3.28. The van der Waals surface area contributed by atoms with Gasteiger partial charge in [0.05, 0.1) is 12.1 Å². The van der Waals surface area contributed by atoms with Gasteiger partial charge in [0.2, 0.25) is 5.91 Å². The second-order valence-corrected chi connectivity index (χ2v) is 6.46. The second-order valence-electron chi connectivity index (χ2n) is 6.46. The van der Waals surface area contributed by atoms with Crippen LogP contribution in [0.4, 0.5) is 0 Å². The third-order valence-electron chi connectivity index (χ3n) is 4.51. The summed E-state index contributed by atoms with van der Waals surface area (Å²) in [4.78, 5) is 13.9. The van der Waals surface area contributed by atoms with Crippen LogP contribution in [0.15, 0.2) is 30.3 Å². The van der Waals surface area contributed by atoms with E-state index in [0.717, 1.165) is 25.7 Å². The van der Waals surface area contributed by atoms with E-state index in [2.05, 4.69) is 17.4 Å². The quantitative estimate of drug-likeness (QED) is 0.741. The molecule has 114 valence electrons. The topological polar surface area (TPSA) is 52.6 Å². The van der Waals surface area contributed by atoms with Gasteiger partial charge in [-0.2, -0.15) is 0 Å². The lowest BCUT2D eigenvalue weighted by molar-refractivity contribution is -0.136. The number of nitrogens with zero attached hydrogens (tertiary/aromatic N) is 1. The molecule has 1 saturated carbocycles. The van der Waals surface area contributed by atoms with Gasteiger partial charge in [0.1, 0.15) is 0 Å². The fraction of sp³-hybridized carbons (Fsp3) is 0.588. The summed E-state index contributed by atoms with van der Waals surface area (Å²) in [7, 11) is 0. The van der Waals surface area contributed by atoms with Crippen molar-refractivity contribution in [2.45, 2.75) is 31.3 Å². The van der Waals surface area contributed by atoms with E-state index in [4.69, 9.17) is 0 Å². The summed E-state index contributed by atoms with van der Waals surface area (Å²) in [6.07, 6.45) is 4.25. The molecule has 4 nitrogen and oxygen atoms in total. The number of hydrogen-bond donors (Lipinski definition) is 2. The zero-order chi connectivity index (χ0) is 14.7. The molecule has 3 rings (SSSR count). The van der Waals surface area contributed by atoms with Crippen molar-refractivity contribution >= 4 is 5.91 Å². The smallest absolute Gasteiger partial charge is 0.234 e. The predicted octanol–water partition coefficient (Wildman–Crippen LogP) is 1.19. The van der Waals surface area contributed by atoms with Crippen LogP contribution in [-0.2, 0) is 11.2 Å². The van der Waals surface area contributed by atoms with Crippen molar-refractivity contribution in [1.29, 1.82) is 0 Å². The van der Waals surface area contributed by atoms with Crippen molar-refractivity contribution in [3.05, 3.63) is 35.9 Å². The van der Waals surface area contributed by atoms with E-state index in [1.165, 1.54) is 5.56 Å². The monoisotopic (exact) mass is 288 g/mol. The highest BCUT2D eigenvalue weighted by atomic mass is 16.3. The lowest BCUT2D eigenvalue weighted by Crippen LogP contribution is -2.64. The summed E-state index contributed by atoms with van der Waals surface area (Å²) >= 11 is 0. The highest BCUT2D eigenvalue weighted by Gasteiger charge is 2.51. The van der Waals surface area contributed by atoms with Crippen LogP contribution in [0.25, 0.3) is 0 Å². The lowest BCUT2D eigenvalue weighted by atomic mass is 9.89. The molecule has 1 aromatic carbocycles. The minimum Gasteiger partial charge on any atom is -0.387 e. The highest BCUT2D eigenvalue weighted by Crippen LogP contribution is 2.44. The Morgan fingerprint density at radius 3 is 2.67 bits per heavy atom. The molecule has 0 aromatic heterocycles. The normalized spacial score (nSPS) is 20.8. The van der Waals surface area contributed by atoms with Gasteiger partial charge in [0, 0.05) is 19.6 Å². The molecular formula is C17H24N2O2. The van der Waals surface area contributed by atoms with Crippen LogP contribution >= 0.6 is 0 Å². The number of nitrogens with one attached hydrogen (secondary N) is 1.